The Labute approximate surface area is 108 Å². The van der Waals surface area contributed by atoms with Gasteiger partial charge < -0.3 is 5.32 Å². The Morgan fingerprint density at radius 2 is 2.47 bits per heavy atom. The van der Waals surface area contributed by atoms with Crippen LogP contribution in [0.2, 0.25) is 5.02 Å². The summed E-state index contributed by atoms with van der Waals surface area (Å²) in [7, 11) is 0. The fourth-order valence-electron chi connectivity index (χ4n) is 1.39. The third-order valence-electron chi connectivity index (χ3n) is 2.29. The van der Waals surface area contributed by atoms with Gasteiger partial charge in [-0.2, -0.15) is 5.10 Å². The molecule has 0 aliphatic heterocycles. The van der Waals surface area contributed by atoms with Crippen LogP contribution in [0.1, 0.15) is 22.2 Å². The molecule has 4 nitrogen and oxygen atoms in total. The molecule has 2 rings (SSSR count). The van der Waals surface area contributed by atoms with Gasteiger partial charge in [0.1, 0.15) is 4.88 Å². The summed E-state index contributed by atoms with van der Waals surface area (Å²) in [6.45, 7) is 3.30. The number of hydrogen-bond donors (Lipinski definition) is 1. The van der Waals surface area contributed by atoms with Crippen LogP contribution in [0.3, 0.4) is 0 Å². The largest absolute Gasteiger partial charge is 0.347 e. The van der Waals surface area contributed by atoms with E-state index in [1.165, 1.54) is 11.3 Å². The van der Waals surface area contributed by atoms with E-state index in [0.717, 1.165) is 12.1 Å². The van der Waals surface area contributed by atoms with Crippen LogP contribution in [0.5, 0.6) is 0 Å². The maximum absolute atomic E-state index is 11.8. The first kappa shape index (κ1) is 12.1. The van der Waals surface area contributed by atoms with E-state index in [4.69, 9.17) is 11.6 Å². The van der Waals surface area contributed by atoms with E-state index in [0.29, 0.717) is 16.4 Å². The summed E-state index contributed by atoms with van der Waals surface area (Å²) in [5.41, 5.74) is 0.980. The molecule has 2 aromatic heterocycles. The van der Waals surface area contributed by atoms with E-state index in [9.17, 15) is 4.79 Å². The predicted octanol–water partition coefficient (Wildman–Crippen LogP) is 2.55. The summed E-state index contributed by atoms with van der Waals surface area (Å²) < 4.78 is 1.82. The van der Waals surface area contributed by atoms with Gasteiger partial charge >= 0.3 is 0 Å². The molecular formula is C11H12ClN3OS. The van der Waals surface area contributed by atoms with Crippen molar-refractivity contribution in [2.75, 3.05) is 0 Å². The van der Waals surface area contributed by atoms with E-state index in [1.54, 1.807) is 17.6 Å². The molecule has 0 fully saturated rings. The van der Waals surface area contributed by atoms with E-state index in [1.807, 2.05) is 17.8 Å². The zero-order valence-corrected chi connectivity index (χ0v) is 10.9. The Balaban J connectivity index is 1.94. The van der Waals surface area contributed by atoms with Crippen molar-refractivity contribution >= 4 is 28.8 Å². The molecule has 90 valence electrons. The van der Waals surface area contributed by atoms with E-state index in [-0.39, 0.29) is 5.91 Å². The summed E-state index contributed by atoms with van der Waals surface area (Å²) in [5, 5.41) is 9.24. The zero-order chi connectivity index (χ0) is 12.3. The zero-order valence-electron chi connectivity index (χ0n) is 9.31. The molecule has 0 bridgehead atoms. The summed E-state index contributed by atoms with van der Waals surface area (Å²) >= 11 is 7.21. The fourth-order valence-corrected chi connectivity index (χ4v) is 2.45. The standard InChI is InChI=1S/C11H12ClN3OS/c1-2-15-7-8(6-14-15)5-13-11(16)10-9(12)3-4-17-10/h3-4,6-7H,2,5H2,1H3,(H,13,16). The lowest BCUT2D eigenvalue weighted by atomic mass is 10.3. The van der Waals surface area contributed by atoms with Gasteiger partial charge in [-0.25, -0.2) is 0 Å². The highest BCUT2D eigenvalue weighted by Gasteiger charge is 2.11. The van der Waals surface area contributed by atoms with Gasteiger partial charge in [-0.3, -0.25) is 9.48 Å². The van der Waals surface area contributed by atoms with Crippen molar-refractivity contribution in [3.05, 3.63) is 39.3 Å². The quantitative estimate of drug-likeness (QED) is 0.927. The number of rotatable bonds is 4. The number of hydrogen-bond acceptors (Lipinski definition) is 3. The number of halogens is 1. The van der Waals surface area contributed by atoms with Crippen molar-refractivity contribution in [3.8, 4) is 0 Å². The van der Waals surface area contributed by atoms with Crippen molar-refractivity contribution < 1.29 is 4.79 Å². The average Bonchev–Trinajstić information content (AvgIpc) is 2.94. The Hall–Kier alpha value is -1.33. The lowest BCUT2D eigenvalue weighted by Gasteiger charge is -2.01. The van der Waals surface area contributed by atoms with Crippen LogP contribution >= 0.6 is 22.9 Å². The molecule has 17 heavy (non-hydrogen) atoms. The van der Waals surface area contributed by atoms with Crippen molar-refractivity contribution in [2.45, 2.75) is 20.0 Å². The van der Waals surface area contributed by atoms with Gasteiger partial charge in [-0.05, 0) is 18.4 Å². The number of carbonyl (C=O) groups excluding carboxylic acids is 1. The summed E-state index contributed by atoms with van der Waals surface area (Å²) in [6.07, 6.45) is 3.66. The van der Waals surface area contributed by atoms with Crippen LogP contribution in [0.25, 0.3) is 0 Å². The molecule has 0 saturated heterocycles. The van der Waals surface area contributed by atoms with Gasteiger partial charge in [0.05, 0.1) is 11.2 Å². The second-order valence-electron chi connectivity index (χ2n) is 3.48. The molecule has 0 aliphatic rings. The normalized spacial score (nSPS) is 10.5. The molecule has 0 unspecified atom stereocenters. The number of carbonyl (C=O) groups is 1. The van der Waals surface area contributed by atoms with Gasteiger partial charge in [0.15, 0.2) is 0 Å². The third kappa shape index (κ3) is 2.87. The van der Waals surface area contributed by atoms with Gasteiger partial charge in [0, 0.05) is 24.8 Å². The van der Waals surface area contributed by atoms with Gasteiger partial charge in [0.2, 0.25) is 0 Å². The van der Waals surface area contributed by atoms with Gasteiger partial charge in [-0.15, -0.1) is 11.3 Å². The highest BCUT2D eigenvalue weighted by Crippen LogP contribution is 2.21. The predicted molar refractivity (Wildman–Crippen MR) is 68.4 cm³/mol. The maximum Gasteiger partial charge on any atom is 0.263 e. The first-order valence-electron chi connectivity index (χ1n) is 5.23. The Kier molecular flexibility index (Phi) is 3.81. The molecule has 0 aromatic carbocycles. The average molecular weight is 270 g/mol. The van der Waals surface area contributed by atoms with E-state index < -0.39 is 0 Å². The van der Waals surface area contributed by atoms with E-state index in [2.05, 4.69) is 10.4 Å². The van der Waals surface area contributed by atoms with Crippen LogP contribution in [0.4, 0.5) is 0 Å². The van der Waals surface area contributed by atoms with Crippen molar-refractivity contribution in [2.24, 2.45) is 0 Å². The Bertz CT molecular complexity index is 520. The van der Waals surface area contributed by atoms with E-state index >= 15 is 0 Å². The van der Waals surface area contributed by atoms with Crippen LogP contribution < -0.4 is 5.32 Å². The summed E-state index contributed by atoms with van der Waals surface area (Å²) in [6, 6.07) is 1.72. The molecule has 1 amide bonds. The van der Waals surface area contributed by atoms with Crippen LogP contribution in [-0.4, -0.2) is 15.7 Å². The molecule has 2 heterocycles. The van der Waals surface area contributed by atoms with Crippen molar-refractivity contribution in [3.63, 3.8) is 0 Å². The molecule has 0 radical (unpaired) electrons. The molecule has 2 aromatic rings. The molecule has 0 aliphatic carbocycles. The first-order valence-corrected chi connectivity index (χ1v) is 6.49. The lowest BCUT2D eigenvalue weighted by Crippen LogP contribution is -2.21. The highest BCUT2D eigenvalue weighted by molar-refractivity contribution is 7.12. The maximum atomic E-state index is 11.8. The molecule has 0 spiro atoms. The first-order chi connectivity index (χ1) is 8.20. The second-order valence-corrected chi connectivity index (χ2v) is 4.81. The minimum atomic E-state index is -0.144. The number of nitrogens with zero attached hydrogens (tertiary/aromatic N) is 2. The minimum Gasteiger partial charge on any atom is -0.347 e. The Morgan fingerprint density at radius 3 is 3.06 bits per heavy atom. The fraction of sp³-hybridized carbons (Fsp3) is 0.273. The second kappa shape index (κ2) is 5.33. The number of amides is 1. The number of thiophene rings is 1. The van der Waals surface area contributed by atoms with Crippen molar-refractivity contribution in [1.82, 2.24) is 15.1 Å². The molecular weight excluding hydrogens is 258 g/mol. The molecule has 6 heteroatoms. The topological polar surface area (TPSA) is 46.9 Å². The smallest absolute Gasteiger partial charge is 0.263 e. The van der Waals surface area contributed by atoms with Crippen molar-refractivity contribution in [1.29, 1.82) is 0 Å². The molecule has 1 N–H and O–H groups in total. The minimum absolute atomic E-state index is 0.144. The number of nitrogens with one attached hydrogen (secondary N) is 1. The van der Waals surface area contributed by atoms with Crippen LogP contribution in [0, 0.1) is 0 Å². The lowest BCUT2D eigenvalue weighted by molar-refractivity contribution is 0.0955. The number of aryl methyl sites for hydroxylation is 1. The van der Waals surface area contributed by atoms with Gasteiger partial charge in [-0.1, -0.05) is 11.6 Å². The SMILES string of the molecule is CCn1cc(CNC(=O)c2sccc2Cl)cn1. The third-order valence-corrected chi connectivity index (χ3v) is 3.63. The summed E-state index contributed by atoms with van der Waals surface area (Å²) in [4.78, 5) is 12.3. The molecule has 0 atom stereocenters. The van der Waals surface area contributed by atoms with Gasteiger partial charge in [0.25, 0.3) is 5.91 Å². The molecule has 0 saturated carbocycles. The monoisotopic (exact) mass is 269 g/mol. The highest BCUT2D eigenvalue weighted by atomic mass is 35.5. The summed E-state index contributed by atoms with van der Waals surface area (Å²) in [5.74, 6) is -0.144. The number of aromatic nitrogens is 2. The van der Waals surface area contributed by atoms with Crippen LogP contribution in [0.15, 0.2) is 23.8 Å². The Morgan fingerprint density at radius 1 is 1.65 bits per heavy atom. The van der Waals surface area contributed by atoms with Crippen LogP contribution in [-0.2, 0) is 13.1 Å².